The highest BCUT2D eigenvalue weighted by molar-refractivity contribution is 7.90. The Bertz CT molecular complexity index is 677. The second-order valence-electron chi connectivity index (χ2n) is 4.63. The molecule has 22 heavy (non-hydrogen) atoms. The minimum atomic E-state index is -4.47. The van der Waals surface area contributed by atoms with Crippen LogP contribution in [0.4, 0.5) is 8.78 Å². The molecule has 9 heteroatoms. The zero-order chi connectivity index (χ0) is 16.9. The largest absolute Gasteiger partial charge is 0.347 e. The van der Waals surface area contributed by atoms with E-state index in [9.17, 15) is 26.8 Å². The van der Waals surface area contributed by atoms with Gasteiger partial charge >= 0.3 is 0 Å². The Labute approximate surface area is 127 Å². The van der Waals surface area contributed by atoms with Crippen molar-refractivity contribution in [1.82, 2.24) is 10.0 Å². The van der Waals surface area contributed by atoms with Crippen LogP contribution in [0.1, 0.15) is 20.3 Å². The van der Waals surface area contributed by atoms with Crippen molar-refractivity contribution >= 4 is 21.8 Å². The van der Waals surface area contributed by atoms with Crippen LogP contribution in [0.15, 0.2) is 23.1 Å². The molecule has 0 saturated heterocycles. The number of benzene rings is 1. The SMILES string of the molecule is CC[C@H](C)C(=O)NCC(=O)NS(=O)(=O)c1ccc(F)cc1F. The van der Waals surface area contributed by atoms with Crippen molar-refractivity contribution in [3.05, 3.63) is 29.8 Å². The van der Waals surface area contributed by atoms with E-state index in [1.807, 2.05) is 0 Å². The lowest BCUT2D eigenvalue weighted by molar-refractivity contribution is -0.127. The molecule has 0 aromatic heterocycles. The van der Waals surface area contributed by atoms with Crippen LogP contribution in [-0.4, -0.2) is 26.8 Å². The van der Waals surface area contributed by atoms with Gasteiger partial charge in [0, 0.05) is 12.0 Å². The van der Waals surface area contributed by atoms with E-state index in [1.165, 1.54) is 0 Å². The first-order chi connectivity index (χ1) is 10.2. The number of amides is 2. The van der Waals surface area contributed by atoms with Crippen molar-refractivity contribution in [2.24, 2.45) is 5.92 Å². The summed E-state index contributed by atoms with van der Waals surface area (Å²) in [5, 5.41) is 2.26. The molecule has 0 unspecified atom stereocenters. The van der Waals surface area contributed by atoms with Crippen molar-refractivity contribution in [3.63, 3.8) is 0 Å². The molecule has 1 aromatic rings. The number of carbonyl (C=O) groups is 2. The van der Waals surface area contributed by atoms with Gasteiger partial charge in [-0.15, -0.1) is 0 Å². The van der Waals surface area contributed by atoms with E-state index >= 15 is 0 Å². The summed E-state index contributed by atoms with van der Waals surface area (Å²) in [6, 6.07) is 1.86. The van der Waals surface area contributed by atoms with Crippen molar-refractivity contribution in [3.8, 4) is 0 Å². The maximum atomic E-state index is 13.4. The van der Waals surface area contributed by atoms with Crippen molar-refractivity contribution in [1.29, 1.82) is 0 Å². The summed E-state index contributed by atoms with van der Waals surface area (Å²) in [6.45, 7) is 2.87. The topological polar surface area (TPSA) is 92.3 Å². The average Bonchev–Trinajstić information content (AvgIpc) is 2.42. The van der Waals surface area contributed by atoms with Gasteiger partial charge in [0.05, 0.1) is 6.54 Å². The Balaban J connectivity index is 2.72. The second-order valence-corrected chi connectivity index (χ2v) is 6.28. The third-order valence-electron chi connectivity index (χ3n) is 2.91. The first kappa shape index (κ1) is 18.0. The molecule has 0 radical (unpaired) electrons. The Morgan fingerprint density at radius 2 is 1.91 bits per heavy atom. The highest BCUT2D eigenvalue weighted by atomic mass is 32.2. The highest BCUT2D eigenvalue weighted by Gasteiger charge is 2.22. The van der Waals surface area contributed by atoms with E-state index in [1.54, 1.807) is 18.6 Å². The lowest BCUT2D eigenvalue weighted by Gasteiger charge is -2.11. The van der Waals surface area contributed by atoms with Crippen LogP contribution in [0.5, 0.6) is 0 Å². The van der Waals surface area contributed by atoms with E-state index in [-0.39, 0.29) is 5.92 Å². The third kappa shape index (κ3) is 4.76. The summed E-state index contributed by atoms with van der Waals surface area (Å²) in [7, 11) is -4.47. The fourth-order valence-corrected chi connectivity index (χ4v) is 2.51. The Hall–Kier alpha value is -2.03. The zero-order valence-corrected chi connectivity index (χ0v) is 12.8. The van der Waals surface area contributed by atoms with Gasteiger partial charge in [0.1, 0.15) is 16.5 Å². The third-order valence-corrected chi connectivity index (χ3v) is 4.32. The van der Waals surface area contributed by atoms with Crippen LogP contribution in [0.2, 0.25) is 0 Å². The van der Waals surface area contributed by atoms with Crippen LogP contribution in [0, 0.1) is 17.6 Å². The molecule has 0 heterocycles. The first-order valence-corrected chi connectivity index (χ1v) is 7.94. The molecule has 0 fully saturated rings. The summed E-state index contributed by atoms with van der Waals surface area (Å²) >= 11 is 0. The van der Waals surface area contributed by atoms with Crippen molar-refractivity contribution in [2.75, 3.05) is 6.54 Å². The number of carbonyl (C=O) groups excluding carboxylic acids is 2. The summed E-state index contributed by atoms with van der Waals surface area (Å²) in [5.74, 6) is -4.00. The molecule has 1 rings (SSSR count). The number of rotatable bonds is 6. The fraction of sp³-hybridized carbons (Fsp3) is 0.385. The molecule has 0 aliphatic heterocycles. The number of halogens is 2. The van der Waals surface area contributed by atoms with Crippen LogP contribution in [-0.2, 0) is 19.6 Å². The molecule has 2 amide bonds. The van der Waals surface area contributed by atoms with E-state index in [4.69, 9.17) is 0 Å². The van der Waals surface area contributed by atoms with Crippen LogP contribution >= 0.6 is 0 Å². The maximum Gasteiger partial charge on any atom is 0.267 e. The number of hydrogen-bond donors (Lipinski definition) is 2. The van der Waals surface area contributed by atoms with E-state index in [2.05, 4.69) is 5.32 Å². The molecule has 1 atom stereocenters. The summed E-state index contributed by atoms with van der Waals surface area (Å²) in [4.78, 5) is 22.1. The molecule has 122 valence electrons. The van der Waals surface area contributed by atoms with Gasteiger partial charge in [-0.2, -0.15) is 0 Å². The van der Waals surface area contributed by atoms with Gasteiger partial charge in [0.25, 0.3) is 15.9 Å². The molecular weight excluding hydrogens is 318 g/mol. The molecule has 0 saturated carbocycles. The summed E-state index contributed by atoms with van der Waals surface area (Å²) < 4.78 is 51.4. The van der Waals surface area contributed by atoms with E-state index < -0.39 is 44.9 Å². The minimum absolute atomic E-state index is 0.320. The predicted octanol–water partition coefficient (Wildman–Crippen LogP) is 0.932. The smallest absolute Gasteiger partial charge is 0.267 e. The van der Waals surface area contributed by atoms with Crippen molar-refractivity contribution < 1.29 is 26.8 Å². The first-order valence-electron chi connectivity index (χ1n) is 6.45. The molecule has 0 aliphatic carbocycles. The maximum absolute atomic E-state index is 13.4. The molecule has 1 aromatic carbocycles. The lowest BCUT2D eigenvalue weighted by Crippen LogP contribution is -2.41. The van der Waals surface area contributed by atoms with Gasteiger partial charge < -0.3 is 5.32 Å². The minimum Gasteiger partial charge on any atom is -0.347 e. The average molecular weight is 334 g/mol. The second kappa shape index (κ2) is 7.30. The van der Waals surface area contributed by atoms with Gasteiger partial charge in [-0.25, -0.2) is 21.9 Å². The predicted molar refractivity (Wildman–Crippen MR) is 74.2 cm³/mol. The molecule has 2 N–H and O–H groups in total. The van der Waals surface area contributed by atoms with Gasteiger partial charge in [-0.3, -0.25) is 9.59 Å². The van der Waals surface area contributed by atoms with E-state index in [0.717, 1.165) is 6.07 Å². The van der Waals surface area contributed by atoms with Crippen molar-refractivity contribution in [2.45, 2.75) is 25.2 Å². The summed E-state index contributed by atoms with van der Waals surface area (Å²) in [5.41, 5.74) is 0. The zero-order valence-electron chi connectivity index (χ0n) is 12.0. The number of sulfonamides is 1. The van der Waals surface area contributed by atoms with Gasteiger partial charge in [-0.1, -0.05) is 13.8 Å². The van der Waals surface area contributed by atoms with Crippen LogP contribution < -0.4 is 10.0 Å². The molecule has 0 spiro atoms. The monoisotopic (exact) mass is 334 g/mol. The Morgan fingerprint density at radius 3 is 2.45 bits per heavy atom. The van der Waals surface area contributed by atoms with Gasteiger partial charge in [0.2, 0.25) is 5.91 Å². The van der Waals surface area contributed by atoms with Crippen LogP contribution in [0.3, 0.4) is 0 Å². The molecular formula is C13H16F2N2O4S. The normalized spacial score (nSPS) is 12.5. The number of hydrogen-bond acceptors (Lipinski definition) is 4. The standard InChI is InChI=1S/C13H16F2N2O4S/c1-3-8(2)13(19)16-7-12(18)17-22(20,21)11-5-4-9(14)6-10(11)15/h4-6,8H,3,7H2,1-2H3,(H,16,19)(H,17,18)/t8-/m0/s1. The Morgan fingerprint density at radius 1 is 1.27 bits per heavy atom. The summed E-state index contributed by atoms with van der Waals surface area (Å²) in [6.07, 6.45) is 0.562. The molecule has 0 bridgehead atoms. The highest BCUT2D eigenvalue weighted by Crippen LogP contribution is 2.15. The van der Waals surface area contributed by atoms with Gasteiger partial charge in [-0.05, 0) is 18.6 Å². The Kier molecular flexibility index (Phi) is 5.98. The number of nitrogens with one attached hydrogen (secondary N) is 2. The van der Waals surface area contributed by atoms with E-state index in [0.29, 0.717) is 18.6 Å². The van der Waals surface area contributed by atoms with Crippen LogP contribution in [0.25, 0.3) is 0 Å². The fourth-order valence-electron chi connectivity index (χ4n) is 1.46. The lowest BCUT2D eigenvalue weighted by atomic mass is 10.1. The quantitative estimate of drug-likeness (QED) is 0.809. The van der Waals surface area contributed by atoms with Gasteiger partial charge in [0.15, 0.2) is 0 Å². The molecule has 0 aliphatic rings. The molecule has 6 nitrogen and oxygen atoms in total.